The Kier molecular flexibility index (Phi) is 3.08. The number of thiocarbonyl (C=S) groups is 1. The summed E-state index contributed by atoms with van der Waals surface area (Å²) in [5, 5.41) is 7.45. The molecule has 2 bridgehead atoms. The maximum atomic E-state index is 5.39. The van der Waals surface area contributed by atoms with Crippen molar-refractivity contribution in [2.24, 2.45) is 11.8 Å². The van der Waals surface area contributed by atoms with E-state index in [4.69, 9.17) is 12.2 Å². The molecule has 0 amide bonds. The number of fused-ring (bicyclic) bond motifs is 2. The van der Waals surface area contributed by atoms with Crippen molar-refractivity contribution in [3.63, 3.8) is 0 Å². The van der Waals surface area contributed by atoms with Crippen LogP contribution in [0.15, 0.2) is 36.4 Å². The van der Waals surface area contributed by atoms with Crippen LogP contribution in [0.2, 0.25) is 0 Å². The summed E-state index contributed by atoms with van der Waals surface area (Å²) < 4.78 is 0. The second kappa shape index (κ2) is 4.73. The van der Waals surface area contributed by atoms with E-state index in [2.05, 4.69) is 41.8 Å². The molecule has 0 radical (unpaired) electrons. The number of aryl methyl sites for hydroxylation is 1. The Balaban J connectivity index is 1.58. The molecule has 0 aromatic heterocycles. The number of benzene rings is 1. The van der Waals surface area contributed by atoms with Crippen molar-refractivity contribution >= 4 is 23.0 Å². The Morgan fingerprint density at radius 3 is 2.83 bits per heavy atom. The lowest BCUT2D eigenvalue weighted by Crippen LogP contribution is -2.40. The van der Waals surface area contributed by atoms with E-state index in [1.165, 1.54) is 18.4 Å². The monoisotopic (exact) mass is 258 g/mol. The molecular weight excluding hydrogens is 240 g/mol. The maximum Gasteiger partial charge on any atom is 0.171 e. The van der Waals surface area contributed by atoms with Crippen molar-refractivity contribution < 1.29 is 0 Å². The van der Waals surface area contributed by atoms with E-state index in [0.29, 0.717) is 12.0 Å². The van der Waals surface area contributed by atoms with Crippen LogP contribution in [0.25, 0.3) is 0 Å². The molecule has 2 N–H and O–H groups in total. The molecule has 0 heterocycles. The van der Waals surface area contributed by atoms with E-state index in [1.807, 2.05) is 12.1 Å². The Morgan fingerprint density at radius 2 is 2.17 bits per heavy atom. The number of hydrogen-bond donors (Lipinski definition) is 2. The van der Waals surface area contributed by atoms with Gasteiger partial charge in [0.05, 0.1) is 0 Å². The highest BCUT2D eigenvalue weighted by atomic mass is 32.1. The third-order valence-electron chi connectivity index (χ3n) is 3.87. The minimum absolute atomic E-state index is 0.518. The first-order valence-corrected chi connectivity index (χ1v) is 6.94. The fourth-order valence-corrected chi connectivity index (χ4v) is 3.27. The molecule has 0 unspecified atom stereocenters. The number of anilines is 1. The standard InChI is InChI=1S/C15H18N2S/c1-10-3-2-4-13(7-10)16-15(18)17-14-9-11-5-6-12(14)8-11/h2-7,11-12,14H,8-9H2,1H3,(H2,16,17,18)/t11-,12-,14-/m1/s1. The van der Waals surface area contributed by atoms with Crippen molar-refractivity contribution in [1.82, 2.24) is 5.32 Å². The van der Waals surface area contributed by atoms with E-state index in [9.17, 15) is 0 Å². The predicted molar refractivity (Wildman–Crippen MR) is 79.7 cm³/mol. The molecule has 2 aliphatic carbocycles. The topological polar surface area (TPSA) is 24.1 Å². The second-order valence-corrected chi connectivity index (χ2v) is 5.76. The van der Waals surface area contributed by atoms with Crippen LogP contribution in [0.4, 0.5) is 5.69 Å². The van der Waals surface area contributed by atoms with Gasteiger partial charge in [0.1, 0.15) is 0 Å². The predicted octanol–water partition coefficient (Wildman–Crippen LogP) is 3.25. The maximum absolute atomic E-state index is 5.39. The van der Waals surface area contributed by atoms with Crippen LogP contribution < -0.4 is 10.6 Å². The summed E-state index contributed by atoms with van der Waals surface area (Å²) in [6.45, 7) is 2.09. The van der Waals surface area contributed by atoms with Gasteiger partial charge >= 0.3 is 0 Å². The molecular formula is C15H18N2S. The lowest BCUT2D eigenvalue weighted by atomic mass is 10.0. The highest BCUT2D eigenvalue weighted by Gasteiger charge is 2.35. The molecule has 3 atom stereocenters. The Labute approximate surface area is 113 Å². The quantitative estimate of drug-likeness (QED) is 0.629. The fourth-order valence-electron chi connectivity index (χ4n) is 3.01. The average Bonchev–Trinajstić information content (AvgIpc) is 2.90. The van der Waals surface area contributed by atoms with E-state index >= 15 is 0 Å². The molecule has 94 valence electrons. The van der Waals surface area contributed by atoms with Gasteiger partial charge in [-0.25, -0.2) is 0 Å². The Bertz CT molecular complexity index is 495. The number of allylic oxidation sites excluding steroid dienone is 1. The first kappa shape index (κ1) is 11.7. The number of nitrogens with one attached hydrogen (secondary N) is 2. The van der Waals surface area contributed by atoms with Gasteiger partial charge in [0.25, 0.3) is 0 Å². The highest BCUT2D eigenvalue weighted by Crippen LogP contribution is 2.38. The lowest BCUT2D eigenvalue weighted by molar-refractivity contribution is 0.526. The normalized spacial score (nSPS) is 28.4. The first-order chi connectivity index (χ1) is 8.70. The third kappa shape index (κ3) is 2.41. The van der Waals surface area contributed by atoms with Crippen LogP contribution in [0, 0.1) is 18.8 Å². The first-order valence-electron chi connectivity index (χ1n) is 6.53. The minimum Gasteiger partial charge on any atom is -0.359 e. The SMILES string of the molecule is Cc1cccc(NC(=S)N[C@@H]2C[C@@H]3C=C[C@@H]2C3)c1. The number of rotatable bonds is 2. The summed E-state index contributed by atoms with van der Waals surface area (Å²) in [7, 11) is 0. The van der Waals surface area contributed by atoms with Crippen LogP contribution in [-0.4, -0.2) is 11.2 Å². The van der Waals surface area contributed by atoms with Gasteiger partial charge < -0.3 is 10.6 Å². The van der Waals surface area contributed by atoms with Crippen LogP contribution in [0.3, 0.4) is 0 Å². The zero-order valence-electron chi connectivity index (χ0n) is 10.5. The van der Waals surface area contributed by atoms with Crippen molar-refractivity contribution in [3.05, 3.63) is 42.0 Å². The van der Waals surface area contributed by atoms with E-state index < -0.39 is 0 Å². The van der Waals surface area contributed by atoms with Crippen molar-refractivity contribution in [3.8, 4) is 0 Å². The zero-order valence-corrected chi connectivity index (χ0v) is 11.3. The van der Waals surface area contributed by atoms with Crippen LogP contribution in [0.1, 0.15) is 18.4 Å². The van der Waals surface area contributed by atoms with Gasteiger partial charge in [-0.3, -0.25) is 0 Å². The molecule has 18 heavy (non-hydrogen) atoms. The van der Waals surface area contributed by atoms with Crippen LogP contribution in [0.5, 0.6) is 0 Å². The molecule has 2 nitrogen and oxygen atoms in total. The molecule has 3 heteroatoms. The zero-order chi connectivity index (χ0) is 12.5. The molecule has 1 aromatic rings. The molecule has 1 saturated carbocycles. The molecule has 3 rings (SSSR count). The van der Waals surface area contributed by atoms with E-state index in [1.54, 1.807) is 0 Å². The highest BCUT2D eigenvalue weighted by molar-refractivity contribution is 7.80. The minimum atomic E-state index is 0.518. The Morgan fingerprint density at radius 1 is 1.28 bits per heavy atom. The Hall–Kier alpha value is -1.35. The van der Waals surface area contributed by atoms with Gasteiger partial charge in [0.2, 0.25) is 0 Å². The molecule has 0 saturated heterocycles. The molecule has 1 fully saturated rings. The van der Waals surface area contributed by atoms with Gasteiger partial charge in [-0.15, -0.1) is 0 Å². The van der Waals surface area contributed by atoms with Gasteiger partial charge in [-0.2, -0.15) is 0 Å². The summed E-state index contributed by atoms with van der Waals surface area (Å²) in [5.41, 5.74) is 2.30. The van der Waals surface area contributed by atoms with Crippen molar-refractivity contribution in [2.75, 3.05) is 5.32 Å². The molecule has 2 aliphatic rings. The number of hydrogen-bond acceptors (Lipinski definition) is 1. The van der Waals surface area contributed by atoms with Crippen molar-refractivity contribution in [1.29, 1.82) is 0 Å². The lowest BCUT2D eigenvalue weighted by Gasteiger charge is -2.22. The summed E-state index contributed by atoms with van der Waals surface area (Å²) in [5.74, 6) is 1.45. The van der Waals surface area contributed by atoms with Crippen LogP contribution >= 0.6 is 12.2 Å². The molecule has 1 aromatic carbocycles. The van der Waals surface area contributed by atoms with Crippen LogP contribution in [-0.2, 0) is 0 Å². The average molecular weight is 258 g/mol. The summed E-state index contributed by atoms with van der Waals surface area (Å²) in [4.78, 5) is 0. The van der Waals surface area contributed by atoms with Gasteiger partial charge in [-0.1, -0.05) is 24.3 Å². The third-order valence-corrected chi connectivity index (χ3v) is 4.09. The summed E-state index contributed by atoms with van der Waals surface area (Å²) in [6, 6.07) is 8.80. The second-order valence-electron chi connectivity index (χ2n) is 5.35. The molecule has 0 aliphatic heterocycles. The van der Waals surface area contributed by atoms with E-state index in [-0.39, 0.29) is 0 Å². The smallest absolute Gasteiger partial charge is 0.171 e. The van der Waals surface area contributed by atoms with Crippen molar-refractivity contribution in [2.45, 2.75) is 25.8 Å². The molecule has 0 spiro atoms. The largest absolute Gasteiger partial charge is 0.359 e. The van der Waals surface area contributed by atoms with Gasteiger partial charge in [0.15, 0.2) is 5.11 Å². The summed E-state index contributed by atoms with van der Waals surface area (Å²) in [6.07, 6.45) is 7.20. The van der Waals surface area contributed by atoms with Gasteiger partial charge in [0, 0.05) is 11.7 Å². The van der Waals surface area contributed by atoms with Gasteiger partial charge in [-0.05, 0) is 61.5 Å². The fraction of sp³-hybridized carbons (Fsp3) is 0.400. The van der Waals surface area contributed by atoms with E-state index in [0.717, 1.165) is 16.7 Å². The summed E-state index contributed by atoms with van der Waals surface area (Å²) >= 11 is 5.39.